The minimum absolute atomic E-state index is 0.0194. The lowest BCUT2D eigenvalue weighted by Gasteiger charge is -2.00. The van der Waals surface area contributed by atoms with Gasteiger partial charge in [-0.25, -0.2) is 22.0 Å². The van der Waals surface area contributed by atoms with Crippen molar-refractivity contribution in [1.29, 1.82) is 0 Å². The number of hydrogen-bond donors (Lipinski definition) is 1. The van der Waals surface area contributed by atoms with Gasteiger partial charge in [-0.3, -0.25) is 0 Å². The molecule has 1 aliphatic heterocycles. The van der Waals surface area contributed by atoms with Crippen molar-refractivity contribution >= 4 is 24.8 Å². The maximum atomic E-state index is 11.5. The molecule has 2 rings (SSSR count). The van der Waals surface area contributed by atoms with Crippen molar-refractivity contribution in [2.75, 3.05) is 0 Å². The van der Waals surface area contributed by atoms with E-state index in [4.69, 9.17) is 5.14 Å². The molecule has 1 aromatic rings. The Balaban J connectivity index is 2.87. The third kappa shape index (κ3) is 1.58. The Morgan fingerprint density at radius 1 is 1.13 bits per heavy atom. The standard InChI is InChI=1S/C8H7NO4S2/c9-15(12,13)8-5-14(10,11)7-4-2-1-3-6(7)8/h1-5H,(H2,9,12,13). The number of sulfonamides is 1. The fraction of sp³-hybridized carbons (Fsp3) is 0. The molecule has 1 aliphatic rings. The van der Waals surface area contributed by atoms with Gasteiger partial charge in [-0.05, 0) is 6.07 Å². The normalized spacial score (nSPS) is 18.3. The van der Waals surface area contributed by atoms with Gasteiger partial charge in [0.1, 0.15) is 4.91 Å². The van der Waals surface area contributed by atoms with Crippen molar-refractivity contribution < 1.29 is 16.8 Å². The van der Waals surface area contributed by atoms with Crippen molar-refractivity contribution in [2.24, 2.45) is 5.14 Å². The lowest BCUT2D eigenvalue weighted by Crippen LogP contribution is -2.12. The molecule has 15 heavy (non-hydrogen) atoms. The molecule has 0 unspecified atom stereocenters. The monoisotopic (exact) mass is 245 g/mol. The van der Waals surface area contributed by atoms with E-state index in [2.05, 4.69) is 0 Å². The highest BCUT2D eigenvalue weighted by Gasteiger charge is 2.31. The van der Waals surface area contributed by atoms with Crippen LogP contribution in [0.2, 0.25) is 0 Å². The Kier molecular flexibility index (Phi) is 2.00. The minimum Gasteiger partial charge on any atom is -0.225 e. The zero-order valence-corrected chi connectivity index (χ0v) is 9.05. The molecule has 0 aliphatic carbocycles. The molecule has 0 spiro atoms. The zero-order chi connectivity index (χ0) is 11.3. The molecule has 2 N–H and O–H groups in total. The first-order chi connectivity index (χ1) is 6.82. The first-order valence-electron chi connectivity index (χ1n) is 3.91. The smallest absolute Gasteiger partial charge is 0.225 e. The molecule has 0 fully saturated rings. The van der Waals surface area contributed by atoms with Gasteiger partial charge >= 0.3 is 0 Å². The van der Waals surface area contributed by atoms with Gasteiger partial charge in [0.15, 0.2) is 0 Å². The Morgan fingerprint density at radius 3 is 2.33 bits per heavy atom. The van der Waals surface area contributed by atoms with Crippen LogP contribution < -0.4 is 5.14 Å². The summed E-state index contributed by atoms with van der Waals surface area (Å²) in [6.07, 6.45) is 0. The highest BCUT2D eigenvalue weighted by Crippen LogP contribution is 2.34. The van der Waals surface area contributed by atoms with Crippen molar-refractivity contribution in [1.82, 2.24) is 0 Å². The predicted octanol–water partition coefficient (Wildman–Crippen LogP) is 0.0608. The molecular formula is C8H7NO4S2. The zero-order valence-electron chi connectivity index (χ0n) is 7.41. The third-order valence-corrected chi connectivity index (χ3v) is 4.64. The van der Waals surface area contributed by atoms with E-state index < -0.39 is 19.9 Å². The topological polar surface area (TPSA) is 94.3 Å². The van der Waals surface area contributed by atoms with Crippen LogP contribution in [0, 0.1) is 0 Å². The van der Waals surface area contributed by atoms with Gasteiger partial charge in [0.25, 0.3) is 0 Å². The maximum absolute atomic E-state index is 11.5. The molecule has 0 aromatic heterocycles. The largest absolute Gasteiger partial charge is 0.239 e. The molecule has 0 atom stereocenters. The Labute approximate surface area is 87.2 Å². The van der Waals surface area contributed by atoms with Gasteiger partial charge in [-0.15, -0.1) is 0 Å². The summed E-state index contributed by atoms with van der Waals surface area (Å²) < 4.78 is 45.3. The number of hydrogen-bond acceptors (Lipinski definition) is 4. The van der Waals surface area contributed by atoms with Gasteiger partial charge in [0, 0.05) is 5.56 Å². The van der Waals surface area contributed by atoms with Crippen molar-refractivity contribution in [3.63, 3.8) is 0 Å². The molecule has 1 aromatic carbocycles. The number of fused-ring (bicyclic) bond motifs is 1. The van der Waals surface area contributed by atoms with Crippen LogP contribution in [0.3, 0.4) is 0 Å². The lowest BCUT2D eigenvalue weighted by atomic mass is 10.2. The molecule has 0 saturated carbocycles. The van der Waals surface area contributed by atoms with E-state index in [1.807, 2.05) is 0 Å². The molecule has 1 heterocycles. The average molecular weight is 245 g/mol. The van der Waals surface area contributed by atoms with E-state index in [-0.39, 0.29) is 15.4 Å². The Morgan fingerprint density at radius 2 is 1.73 bits per heavy atom. The summed E-state index contributed by atoms with van der Waals surface area (Å²) in [7, 11) is -7.66. The number of primary sulfonamides is 1. The molecule has 7 heteroatoms. The van der Waals surface area contributed by atoms with Gasteiger partial charge < -0.3 is 0 Å². The summed E-state index contributed by atoms with van der Waals surface area (Å²) in [5, 5.41) is 5.60. The number of nitrogens with two attached hydrogens (primary N) is 1. The first-order valence-corrected chi connectivity index (χ1v) is 7.00. The molecule has 0 bridgehead atoms. The number of benzene rings is 1. The highest BCUT2D eigenvalue weighted by atomic mass is 32.2. The van der Waals surface area contributed by atoms with Crippen LogP contribution in [-0.4, -0.2) is 16.8 Å². The fourth-order valence-corrected chi connectivity index (χ4v) is 4.16. The van der Waals surface area contributed by atoms with E-state index >= 15 is 0 Å². The summed E-state index contributed by atoms with van der Waals surface area (Å²) in [6, 6.07) is 5.84. The van der Waals surface area contributed by atoms with E-state index in [0.717, 1.165) is 0 Å². The molecular weight excluding hydrogens is 238 g/mol. The van der Waals surface area contributed by atoms with Crippen LogP contribution in [0.5, 0.6) is 0 Å². The predicted molar refractivity (Wildman–Crippen MR) is 54.7 cm³/mol. The summed E-state index contributed by atoms with van der Waals surface area (Å²) in [4.78, 5) is -0.368. The Bertz CT molecular complexity index is 656. The van der Waals surface area contributed by atoms with Gasteiger partial charge in [0.05, 0.1) is 10.3 Å². The number of rotatable bonds is 1. The van der Waals surface area contributed by atoms with Crippen LogP contribution in [0.25, 0.3) is 4.91 Å². The quantitative estimate of drug-likeness (QED) is 0.757. The second-order valence-corrected chi connectivity index (χ2v) is 6.36. The number of sulfone groups is 1. The van der Waals surface area contributed by atoms with Crippen molar-refractivity contribution in [2.45, 2.75) is 4.90 Å². The Hall–Kier alpha value is -1.18. The van der Waals surface area contributed by atoms with Crippen molar-refractivity contribution in [3.8, 4) is 0 Å². The van der Waals surface area contributed by atoms with Crippen LogP contribution in [0.15, 0.2) is 34.6 Å². The fourth-order valence-electron chi connectivity index (χ4n) is 1.41. The van der Waals surface area contributed by atoms with Crippen molar-refractivity contribution in [3.05, 3.63) is 35.2 Å². The first kappa shape index (κ1) is 10.3. The lowest BCUT2D eigenvalue weighted by molar-refractivity contribution is 0.604. The SMILES string of the molecule is NS(=O)(=O)C1=CS(=O)(=O)c2ccccc21. The van der Waals surface area contributed by atoms with Crippen LogP contribution in [-0.2, 0) is 19.9 Å². The average Bonchev–Trinajstić information content (AvgIpc) is 2.39. The van der Waals surface area contributed by atoms with Crippen LogP contribution >= 0.6 is 0 Å². The van der Waals surface area contributed by atoms with Crippen LogP contribution in [0.1, 0.15) is 5.56 Å². The van der Waals surface area contributed by atoms with Gasteiger partial charge in [0.2, 0.25) is 19.9 Å². The second-order valence-electron chi connectivity index (χ2n) is 3.07. The van der Waals surface area contributed by atoms with Gasteiger partial charge in [-0.2, -0.15) is 0 Å². The molecule has 5 nitrogen and oxygen atoms in total. The molecule has 0 radical (unpaired) electrons. The third-order valence-electron chi connectivity index (χ3n) is 2.03. The van der Waals surface area contributed by atoms with Gasteiger partial charge in [-0.1, -0.05) is 18.2 Å². The van der Waals surface area contributed by atoms with E-state index in [1.165, 1.54) is 18.2 Å². The van der Waals surface area contributed by atoms with E-state index in [1.54, 1.807) is 6.07 Å². The maximum Gasteiger partial charge on any atom is 0.239 e. The summed E-state index contributed by atoms with van der Waals surface area (Å²) in [6.45, 7) is 0. The molecule has 0 saturated heterocycles. The molecule has 80 valence electrons. The summed E-state index contributed by atoms with van der Waals surface area (Å²) >= 11 is 0. The van der Waals surface area contributed by atoms with E-state index in [0.29, 0.717) is 5.41 Å². The highest BCUT2D eigenvalue weighted by molar-refractivity contribution is 8.02. The van der Waals surface area contributed by atoms with Crippen LogP contribution in [0.4, 0.5) is 0 Å². The summed E-state index contributed by atoms with van der Waals surface area (Å²) in [5.74, 6) is 0. The summed E-state index contributed by atoms with van der Waals surface area (Å²) in [5.41, 5.74) is 0.139. The molecule has 0 amide bonds. The second kappa shape index (κ2) is 2.91. The minimum atomic E-state index is -4.01. The van der Waals surface area contributed by atoms with E-state index in [9.17, 15) is 16.8 Å².